The molecule has 1 aromatic heterocycles. The van der Waals surface area contributed by atoms with Crippen molar-refractivity contribution in [3.05, 3.63) is 52.8 Å². The maximum absolute atomic E-state index is 12.2. The van der Waals surface area contributed by atoms with E-state index >= 15 is 0 Å². The minimum atomic E-state index is -0.203. The van der Waals surface area contributed by atoms with Crippen LogP contribution in [0.25, 0.3) is 0 Å². The highest BCUT2D eigenvalue weighted by molar-refractivity contribution is 6.31. The summed E-state index contributed by atoms with van der Waals surface area (Å²) in [5.41, 5.74) is 1.43. The second-order valence-corrected chi connectivity index (χ2v) is 6.95. The molecule has 6 nitrogen and oxygen atoms in total. The summed E-state index contributed by atoms with van der Waals surface area (Å²) in [5.74, 6) is 0.0450. The first kappa shape index (κ1) is 18.5. The van der Waals surface area contributed by atoms with Crippen LogP contribution >= 0.6 is 11.6 Å². The Kier molecular flexibility index (Phi) is 6.28. The summed E-state index contributed by atoms with van der Waals surface area (Å²) in [6.45, 7) is 1.34. The summed E-state index contributed by atoms with van der Waals surface area (Å²) in [6.07, 6.45) is 7.44. The summed E-state index contributed by atoms with van der Waals surface area (Å²) in [7, 11) is 0. The van der Waals surface area contributed by atoms with Crippen molar-refractivity contribution < 1.29 is 9.59 Å². The Balaban J connectivity index is 1.43. The summed E-state index contributed by atoms with van der Waals surface area (Å²) < 4.78 is 1.68. The van der Waals surface area contributed by atoms with Gasteiger partial charge in [-0.3, -0.25) is 14.3 Å². The van der Waals surface area contributed by atoms with Crippen LogP contribution in [-0.2, 0) is 11.3 Å². The monoisotopic (exact) mass is 374 g/mol. The van der Waals surface area contributed by atoms with Crippen molar-refractivity contribution in [1.29, 1.82) is 0 Å². The molecule has 3 rings (SSSR count). The molecule has 0 saturated heterocycles. The molecule has 0 atom stereocenters. The van der Waals surface area contributed by atoms with E-state index in [1.807, 2.05) is 24.3 Å². The number of hydrogen-bond acceptors (Lipinski definition) is 3. The van der Waals surface area contributed by atoms with Crippen LogP contribution in [0.3, 0.4) is 0 Å². The van der Waals surface area contributed by atoms with E-state index in [-0.39, 0.29) is 17.7 Å². The van der Waals surface area contributed by atoms with Gasteiger partial charge in [-0.15, -0.1) is 0 Å². The fourth-order valence-corrected chi connectivity index (χ4v) is 3.36. The molecule has 1 heterocycles. The minimum absolute atomic E-state index is 0.101. The van der Waals surface area contributed by atoms with Gasteiger partial charge >= 0.3 is 0 Å². The SMILES string of the molecule is O=C(NCCNC(=O)C1CCCC1)c1cnn(Cc2ccccc2Cl)c1. The van der Waals surface area contributed by atoms with Gasteiger partial charge in [-0.1, -0.05) is 42.6 Å². The number of hydrogen-bond donors (Lipinski definition) is 2. The smallest absolute Gasteiger partial charge is 0.254 e. The van der Waals surface area contributed by atoms with E-state index in [4.69, 9.17) is 11.6 Å². The van der Waals surface area contributed by atoms with Crippen molar-refractivity contribution in [3.8, 4) is 0 Å². The van der Waals surface area contributed by atoms with Crippen LogP contribution in [0, 0.1) is 5.92 Å². The molecule has 2 amide bonds. The molecule has 0 unspecified atom stereocenters. The molecule has 1 aliphatic carbocycles. The molecule has 1 fully saturated rings. The Morgan fingerprint density at radius 3 is 2.65 bits per heavy atom. The second-order valence-electron chi connectivity index (χ2n) is 6.55. The van der Waals surface area contributed by atoms with Crippen molar-refractivity contribution in [2.45, 2.75) is 32.2 Å². The van der Waals surface area contributed by atoms with E-state index in [9.17, 15) is 9.59 Å². The van der Waals surface area contributed by atoms with Crippen molar-refractivity contribution >= 4 is 23.4 Å². The third-order valence-corrected chi connectivity index (χ3v) is 4.99. The van der Waals surface area contributed by atoms with Crippen LogP contribution in [0.4, 0.5) is 0 Å². The van der Waals surface area contributed by atoms with Crippen molar-refractivity contribution in [2.24, 2.45) is 5.92 Å². The molecule has 2 aromatic rings. The van der Waals surface area contributed by atoms with Gasteiger partial charge in [0.05, 0.1) is 18.3 Å². The van der Waals surface area contributed by atoms with Gasteiger partial charge in [-0.05, 0) is 24.5 Å². The van der Waals surface area contributed by atoms with Crippen molar-refractivity contribution in [3.63, 3.8) is 0 Å². The molecule has 2 N–H and O–H groups in total. The predicted octanol–water partition coefficient (Wildman–Crippen LogP) is 2.62. The van der Waals surface area contributed by atoms with Gasteiger partial charge in [0.25, 0.3) is 5.91 Å². The molecule has 26 heavy (non-hydrogen) atoms. The highest BCUT2D eigenvalue weighted by atomic mass is 35.5. The Morgan fingerprint density at radius 2 is 1.88 bits per heavy atom. The zero-order valence-corrected chi connectivity index (χ0v) is 15.3. The summed E-state index contributed by atoms with van der Waals surface area (Å²) in [4.78, 5) is 24.1. The Morgan fingerprint density at radius 1 is 1.15 bits per heavy atom. The molecular weight excluding hydrogens is 352 g/mol. The molecule has 1 saturated carbocycles. The number of halogens is 1. The van der Waals surface area contributed by atoms with E-state index in [2.05, 4.69) is 15.7 Å². The summed E-state index contributed by atoms with van der Waals surface area (Å²) in [5, 5.41) is 10.6. The van der Waals surface area contributed by atoms with E-state index in [0.717, 1.165) is 31.2 Å². The summed E-state index contributed by atoms with van der Waals surface area (Å²) in [6, 6.07) is 7.54. The van der Waals surface area contributed by atoms with E-state index in [1.54, 1.807) is 10.9 Å². The largest absolute Gasteiger partial charge is 0.354 e. The van der Waals surface area contributed by atoms with Crippen LogP contribution in [0.1, 0.15) is 41.6 Å². The molecule has 1 aromatic carbocycles. The Hall–Kier alpha value is -2.34. The third kappa shape index (κ3) is 4.85. The molecule has 138 valence electrons. The molecule has 0 bridgehead atoms. The number of nitrogens with zero attached hydrogens (tertiary/aromatic N) is 2. The predicted molar refractivity (Wildman–Crippen MR) is 100 cm³/mol. The van der Waals surface area contributed by atoms with Crippen LogP contribution in [0.15, 0.2) is 36.7 Å². The Bertz CT molecular complexity index is 768. The maximum Gasteiger partial charge on any atom is 0.254 e. The van der Waals surface area contributed by atoms with E-state index in [1.165, 1.54) is 6.20 Å². The molecular formula is C19H23ClN4O2. The van der Waals surface area contributed by atoms with Gasteiger partial charge in [-0.2, -0.15) is 5.10 Å². The lowest BCUT2D eigenvalue weighted by Crippen LogP contribution is -2.37. The molecule has 0 spiro atoms. The first-order valence-corrected chi connectivity index (χ1v) is 9.33. The number of rotatable bonds is 7. The van der Waals surface area contributed by atoms with Crippen LogP contribution in [0.5, 0.6) is 0 Å². The fourth-order valence-electron chi connectivity index (χ4n) is 3.16. The first-order valence-electron chi connectivity index (χ1n) is 8.95. The standard InChI is InChI=1S/C19H23ClN4O2/c20-17-8-4-3-7-15(17)12-24-13-16(11-23-24)19(26)22-10-9-21-18(25)14-5-1-2-6-14/h3-4,7-8,11,13-14H,1-2,5-6,9-10,12H2,(H,21,25)(H,22,26). The lowest BCUT2D eigenvalue weighted by atomic mass is 10.1. The lowest BCUT2D eigenvalue weighted by Gasteiger charge is -2.10. The first-order chi connectivity index (χ1) is 12.6. The van der Waals surface area contributed by atoms with Crippen LogP contribution in [-0.4, -0.2) is 34.7 Å². The van der Waals surface area contributed by atoms with Gasteiger partial charge in [0.15, 0.2) is 0 Å². The number of amides is 2. The van der Waals surface area contributed by atoms with Crippen LogP contribution in [0.2, 0.25) is 5.02 Å². The number of carbonyl (C=O) groups is 2. The summed E-state index contributed by atoms with van der Waals surface area (Å²) >= 11 is 6.15. The third-order valence-electron chi connectivity index (χ3n) is 4.62. The number of benzene rings is 1. The lowest BCUT2D eigenvalue weighted by molar-refractivity contribution is -0.124. The zero-order chi connectivity index (χ0) is 18.4. The maximum atomic E-state index is 12.2. The quantitative estimate of drug-likeness (QED) is 0.731. The van der Waals surface area contributed by atoms with Crippen LogP contribution < -0.4 is 10.6 Å². The second kappa shape index (κ2) is 8.85. The average Bonchev–Trinajstić information content (AvgIpc) is 3.32. The number of nitrogens with one attached hydrogen (secondary N) is 2. The molecule has 0 radical (unpaired) electrons. The fraction of sp³-hybridized carbons (Fsp3) is 0.421. The van der Waals surface area contributed by atoms with Crippen molar-refractivity contribution in [2.75, 3.05) is 13.1 Å². The number of aromatic nitrogens is 2. The normalized spacial score (nSPS) is 14.3. The average molecular weight is 375 g/mol. The molecule has 1 aliphatic rings. The van der Waals surface area contributed by atoms with Crippen molar-refractivity contribution in [1.82, 2.24) is 20.4 Å². The van der Waals surface area contributed by atoms with Gasteiger partial charge in [0.2, 0.25) is 5.91 Å². The zero-order valence-electron chi connectivity index (χ0n) is 14.6. The minimum Gasteiger partial charge on any atom is -0.354 e. The van der Waals surface area contributed by atoms with Gasteiger partial charge < -0.3 is 10.6 Å². The highest BCUT2D eigenvalue weighted by Gasteiger charge is 2.22. The van der Waals surface area contributed by atoms with Gasteiger partial charge in [0, 0.05) is 30.2 Å². The number of carbonyl (C=O) groups excluding carboxylic acids is 2. The molecule has 0 aliphatic heterocycles. The molecule has 7 heteroatoms. The van der Waals surface area contributed by atoms with E-state index in [0.29, 0.717) is 30.2 Å². The van der Waals surface area contributed by atoms with Gasteiger partial charge in [0.1, 0.15) is 0 Å². The highest BCUT2D eigenvalue weighted by Crippen LogP contribution is 2.24. The van der Waals surface area contributed by atoms with E-state index < -0.39 is 0 Å². The van der Waals surface area contributed by atoms with Gasteiger partial charge in [-0.25, -0.2) is 0 Å². The Labute approximate surface area is 157 Å². The topological polar surface area (TPSA) is 76.0 Å².